The van der Waals surface area contributed by atoms with Gasteiger partial charge in [-0.1, -0.05) is 0 Å². The third-order valence-electron chi connectivity index (χ3n) is 2.17. The lowest BCUT2D eigenvalue weighted by Gasteiger charge is -2.26. The van der Waals surface area contributed by atoms with Crippen LogP contribution >= 0.6 is 11.6 Å². The molecule has 1 saturated heterocycles. The molecule has 0 amide bonds. The molecule has 1 unspecified atom stereocenters. The molecule has 0 aliphatic carbocycles. The molecule has 78 valence electrons. The Bertz CT molecular complexity index is 142. The molecular formula is C8H14ClF2NO. The Labute approximate surface area is 81.8 Å². The van der Waals surface area contributed by atoms with Crippen molar-refractivity contribution in [2.24, 2.45) is 0 Å². The van der Waals surface area contributed by atoms with Crippen LogP contribution in [0.25, 0.3) is 0 Å². The van der Waals surface area contributed by atoms with Gasteiger partial charge in [-0.05, 0) is 6.42 Å². The first-order chi connectivity index (χ1) is 6.24. The topological polar surface area (TPSA) is 12.5 Å². The third kappa shape index (κ3) is 3.75. The minimum atomic E-state index is -2.29. The Kier molecular flexibility index (Phi) is 4.91. The maximum Gasteiger partial charge on any atom is 0.251 e. The first-order valence-corrected chi connectivity index (χ1v) is 4.93. The summed E-state index contributed by atoms with van der Waals surface area (Å²) in [6, 6.07) is 0.132. The fourth-order valence-electron chi connectivity index (χ4n) is 1.52. The van der Waals surface area contributed by atoms with E-state index in [2.05, 4.69) is 0 Å². The second-order valence-electron chi connectivity index (χ2n) is 3.09. The van der Waals surface area contributed by atoms with Crippen molar-refractivity contribution in [3.63, 3.8) is 0 Å². The molecule has 1 fully saturated rings. The van der Waals surface area contributed by atoms with Gasteiger partial charge in [-0.25, -0.2) is 8.78 Å². The fraction of sp³-hybridized carbons (Fsp3) is 1.00. The van der Waals surface area contributed by atoms with Crippen LogP contribution in [0, 0.1) is 0 Å². The van der Waals surface area contributed by atoms with Crippen molar-refractivity contribution in [3.8, 4) is 0 Å². The van der Waals surface area contributed by atoms with Crippen LogP contribution in [-0.2, 0) is 4.74 Å². The predicted octanol–water partition coefficient (Wildman–Crippen LogP) is 1.58. The van der Waals surface area contributed by atoms with Gasteiger partial charge in [-0.2, -0.15) is 0 Å². The molecule has 0 aromatic carbocycles. The van der Waals surface area contributed by atoms with Crippen LogP contribution in [0.4, 0.5) is 8.78 Å². The smallest absolute Gasteiger partial charge is 0.251 e. The second kappa shape index (κ2) is 5.73. The minimum absolute atomic E-state index is 0.132. The van der Waals surface area contributed by atoms with Crippen LogP contribution in [0.2, 0.25) is 0 Å². The van der Waals surface area contributed by atoms with Crippen molar-refractivity contribution < 1.29 is 13.5 Å². The molecule has 1 rings (SSSR count). The summed E-state index contributed by atoms with van der Waals surface area (Å²) in [5.74, 6) is 0.392. The molecule has 13 heavy (non-hydrogen) atoms. The largest absolute Gasteiger partial charge is 0.380 e. The molecule has 0 N–H and O–H groups in total. The van der Waals surface area contributed by atoms with Gasteiger partial charge in [0.25, 0.3) is 6.43 Å². The number of alkyl halides is 3. The van der Waals surface area contributed by atoms with Crippen LogP contribution < -0.4 is 0 Å². The standard InChI is InChI=1S/C8H14ClF2NO/c9-2-3-12(5-8(10)11)7-1-4-13-6-7/h7-8H,1-6H2. The second-order valence-corrected chi connectivity index (χ2v) is 3.47. The average molecular weight is 214 g/mol. The first-order valence-electron chi connectivity index (χ1n) is 4.40. The van der Waals surface area contributed by atoms with Crippen LogP contribution in [0.5, 0.6) is 0 Å². The highest BCUT2D eigenvalue weighted by Gasteiger charge is 2.24. The van der Waals surface area contributed by atoms with Gasteiger partial charge in [0, 0.05) is 25.1 Å². The molecular weight excluding hydrogens is 200 g/mol. The third-order valence-corrected chi connectivity index (χ3v) is 2.34. The first kappa shape index (κ1) is 11.1. The van der Waals surface area contributed by atoms with Gasteiger partial charge in [0.1, 0.15) is 0 Å². The number of halogens is 3. The van der Waals surface area contributed by atoms with Gasteiger partial charge in [0.15, 0.2) is 0 Å². The summed E-state index contributed by atoms with van der Waals surface area (Å²) < 4.78 is 29.4. The molecule has 5 heteroatoms. The van der Waals surface area contributed by atoms with Crippen molar-refractivity contribution in [2.75, 3.05) is 32.2 Å². The molecule has 0 radical (unpaired) electrons. The number of ether oxygens (including phenoxy) is 1. The van der Waals surface area contributed by atoms with E-state index in [1.165, 1.54) is 0 Å². The highest BCUT2D eigenvalue weighted by Crippen LogP contribution is 2.13. The molecule has 1 aliphatic heterocycles. The Morgan fingerprint density at radius 2 is 2.31 bits per heavy atom. The van der Waals surface area contributed by atoms with Crippen molar-refractivity contribution in [2.45, 2.75) is 18.9 Å². The summed E-state index contributed by atoms with van der Waals surface area (Å²) in [4.78, 5) is 1.71. The quantitative estimate of drug-likeness (QED) is 0.643. The van der Waals surface area contributed by atoms with E-state index in [-0.39, 0.29) is 12.6 Å². The molecule has 1 aliphatic rings. The molecule has 1 atom stereocenters. The molecule has 0 saturated carbocycles. The SMILES string of the molecule is FC(F)CN(CCCl)C1CCOC1. The zero-order chi connectivity index (χ0) is 9.68. The maximum absolute atomic E-state index is 12.1. The minimum Gasteiger partial charge on any atom is -0.380 e. The van der Waals surface area contributed by atoms with E-state index in [1.807, 2.05) is 0 Å². The van der Waals surface area contributed by atoms with Crippen LogP contribution in [-0.4, -0.2) is 49.6 Å². The lowest BCUT2D eigenvalue weighted by atomic mass is 10.2. The van der Waals surface area contributed by atoms with E-state index >= 15 is 0 Å². The molecule has 1 heterocycles. The molecule has 0 bridgehead atoms. The van der Waals surface area contributed by atoms with Crippen LogP contribution in [0.15, 0.2) is 0 Å². The summed E-state index contributed by atoms with van der Waals surface area (Å²) in [6.45, 7) is 1.55. The molecule has 0 spiro atoms. The number of rotatable bonds is 5. The monoisotopic (exact) mass is 213 g/mol. The lowest BCUT2D eigenvalue weighted by Crippen LogP contribution is -2.40. The zero-order valence-corrected chi connectivity index (χ0v) is 8.14. The summed E-state index contributed by atoms with van der Waals surface area (Å²) in [7, 11) is 0. The fourth-order valence-corrected chi connectivity index (χ4v) is 1.74. The zero-order valence-electron chi connectivity index (χ0n) is 7.39. The normalized spacial score (nSPS) is 23.3. The van der Waals surface area contributed by atoms with E-state index < -0.39 is 6.43 Å². The van der Waals surface area contributed by atoms with E-state index in [4.69, 9.17) is 16.3 Å². The summed E-state index contributed by atoms with van der Waals surface area (Å²) in [6.07, 6.45) is -1.45. The Hall–Kier alpha value is 0.0700. The van der Waals surface area contributed by atoms with E-state index in [9.17, 15) is 8.78 Å². The highest BCUT2D eigenvalue weighted by molar-refractivity contribution is 6.18. The van der Waals surface area contributed by atoms with Gasteiger partial charge < -0.3 is 4.74 Å². The number of hydrogen-bond donors (Lipinski definition) is 0. The van der Waals surface area contributed by atoms with Gasteiger partial charge in [0.2, 0.25) is 0 Å². The van der Waals surface area contributed by atoms with Gasteiger partial charge in [-0.3, -0.25) is 4.90 Å². The molecule has 0 aromatic rings. The van der Waals surface area contributed by atoms with E-state index in [0.29, 0.717) is 25.6 Å². The predicted molar refractivity (Wildman–Crippen MR) is 47.5 cm³/mol. The van der Waals surface area contributed by atoms with Crippen molar-refractivity contribution in [1.29, 1.82) is 0 Å². The number of nitrogens with zero attached hydrogens (tertiary/aromatic N) is 1. The lowest BCUT2D eigenvalue weighted by molar-refractivity contribution is 0.0635. The summed E-state index contributed by atoms with van der Waals surface area (Å²) in [5.41, 5.74) is 0. The Balaban J connectivity index is 2.35. The molecule has 0 aromatic heterocycles. The van der Waals surface area contributed by atoms with Crippen molar-refractivity contribution in [3.05, 3.63) is 0 Å². The van der Waals surface area contributed by atoms with Crippen molar-refractivity contribution >= 4 is 11.6 Å². The van der Waals surface area contributed by atoms with Gasteiger partial charge in [-0.15, -0.1) is 11.6 Å². The van der Waals surface area contributed by atoms with E-state index in [0.717, 1.165) is 6.42 Å². The summed E-state index contributed by atoms with van der Waals surface area (Å²) >= 11 is 5.53. The highest BCUT2D eigenvalue weighted by atomic mass is 35.5. The van der Waals surface area contributed by atoms with Crippen molar-refractivity contribution in [1.82, 2.24) is 4.90 Å². The van der Waals surface area contributed by atoms with Crippen LogP contribution in [0.1, 0.15) is 6.42 Å². The average Bonchev–Trinajstić information content (AvgIpc) is 2.54. The maximum atomic E-state index is 12.1. The Morgan fingerprint density at radius 1 is 1.54 bits per heavy atom. The Morgan fingerprint density at radius 3 is 2.77 bits per heavy atom. The molecule has 2 nitrogen and oxygen atoms in total. The summed E-state index contributed by atoms with van der Waals surface area (Å²) in [5, 5.41) is 0. The number of hydrogen-bond acceptors (Lipinski definition) is 2. The van der Waals surface area contributed by atoms with Gasteiger partial charge in [0.05, 0.1) is 13.2 Å². The van der Waals surface area contributed by atoms with Gasteiger partial charge >= 0.3 is 0 Å². The van der Waals surface area contributed by atoms with E-state index in [1.54, 1.807) is 4.90 Å². The van der Waals surface area contributed by atoms with Crippen LogP contribution in [0.3, 0.4) is 0 Å².